The first kappa shape index (κ1) is 19.7. The van der Waals surface area contributed by atoms with Crippen LogP contribution in [-0.2, 0) is 21.1 Å². The van der Waals surface area contributed by atoms with E-state index in [1.807, 2.05) is 0 Å². The van der Waals surface area contributed by atoms with Crippen molar-refractivity contribution in [1.82, 2.24) is 0 Å². The second kappa shape index (κ2) is 6.51. The molecule has 0 amide bonds. The molecule has 0 spiro atoms. The second-order valence-corrected chi connectivity index (χ2v) is 14.8. The molecule has 1 aromatic carbocycles. The van der Waals surface area contributed by atoms with Crippen molar-refractivity contribution in [2.45, 2.75) is 90.8 Å². The predicted octanol–water partition coefficient (Wildman–Crippen LogP) is 6.20. The lowest BCUT2D eigenvalue weighted by molar-refractivity contribution is -0.155. The number of rotatable bonds is 3. The number of carbonyl (C=O) groups is 1. The molecule has 26 heavy (non-hydrogen) atoms. The van der Waals surface area contributed by atoms with Crippen LogP contribution in [0, 0.1) is 11.3 Å². The zero-order chi connectivity index (χ0) is 19.3. The SMILES string of the molecule is CC(C)c1ccc2c(c1)CC[C@H]1[C@](C)(C(=O)O[Si](C)(C)C)CCC[C@]21C. The van der Waals surface area contributed by atoms with Crippen molar-refractivity contribution in [2.75, 3.05) is 0 Å². The highest BCUT2D eigenvalue weighted by molar-refractivity contribution is 6.71. The predicted molar refractivity (Wildman–Crippen MR) is 111 cm³/mol. The molecule has 0 bridgehead atoms. The number of fused-ring (bicyclic) bond motifs is 3. The monoisotopic (exact) mass is 372 g/mol. The Morgan fingerprint density at radius 3 is 2.50 bits per heavy atom. The maximum absolute atomic E-state index is 13.2. The molecule has 144 valence electrons. The third-order valence-electron chi connectivity index (χ3n) is 6.91. The van der Waals surface area contributed by atoms with Gasteiger partial charge in [-0.1, -0.05) is 45.4 Å². The molecular weight excluding hydrogens is 336 g/mol. The standard InChI is InChI=1S/C23H36O2Si/c1-16(2)17-9-11-19-18(15-17)10-12-20-22(19,3)13-8-14-23(20,4)21(24)25-26(5,6)7/h9,11,15-16,20H,8,10,12-14H2,1-7H3/t20-,22-,23-/m1/s1. The Hall–Kier alpha value is -1.09. The minimum atomic E-state index is -1.87. The van der Waals surface area contributed by atoms with E-state index in [1.165, 1.54) is 23.1 Å². The fourth-order valence-corrected chi connectivity index (χ4v) is 6.30. The molecule has 3 rings (SSSR count). The van der Waals surface area contributed by atoms with E-state index in [-0.39, 0.29) is 16.8 Å². The summed E-state index contributed by atoms with van der Waals surface area (Å²) in [5, 5.41) is 0. The highest BCUT2D eigenvalue weighted by Crippen LogP contribution is 2.57. The molecule has 0 radical (unpaired) electrons. The summed E-state index contributed by atoms with van der Waals surface area (Å²) in [5.74, 6) is 1.01. The minimum Gasteiger partial charge on any atom is -0.519 e. The fraction of sp³-hybridized carbons (Fsp3) is 0.696. The van der Waals surface area contributed by atoms with Crippen molar-refractivity contribution >= 4 is 14.3 Å². The van der Waals surface area contributed by atoms with Gasteiger partial charge in [-0.3, -0.25) is 4.79 Å². The van der Waals surface area contributed by atoms with Crippen LogP contribution in [0.4, 0.5) is 0 Å². The van der Waals surface area contributed by atoms with Gasteiger partial charge in [0, 0.05) is 0 Å². The highest BCUT2D eigenvalue weighted by Gasteiger charge is 2.56. The molecule has 0 aliphatic heterocycles. The summed E-state index contributed by atoms with van der Waals surface area (Å²) in [4.78, 5) is 13.2. The summed E-state index contributed by atoms with van der Waals surface area (Å²) in [7, 11) is -1.87. The van der Waals surface area contributed by atoms with E-state index < -0.39 is 8.32 Å². The Labute approximate surface area is 160 Å². The quantitative estimate of drug-likeness (QED) is 0.591. The summed E-state index contributed by atoms with van der Waals surface area (Å²) >= 11 is 0. The van der Waals surface area contributed by atoms with Crippen LogP contribution >= 0.6 is 0 Å². The van der Waals surface area contributed by atoms with Gasteiger partial charge in [0.15, 0.2) is 0 Å². The first-order valence-electron chi connectivity index (χ1n) is 10.3. The van der Waals surface area contributed by atoms with Gasteiger partial charge in [-0.2, -0.15) is 0 Å². The highest BCUT2D eigenvalue weighted by atomic mass is 28.4. The summed E-state index contributed by atoms with van der Waals surface area (Å²) in [6, 6.07) is 7.10. The fourth-order valence-electron chi connectivity index (χ4n) is 5.51. The molecule has 0 aromatic heterocycles. The third-order valence-corrected chi connectivity index (χ3v) is 7.71. The van der Waals surface area contributed by atoms with Gasteiger partial charge in [0.25, 0.3) is 5.97 Å². The summed E-state index contributed by atoms with van der Waals surface area (Å²) < 4.78 is 6.01. The number of benzene rings is 1. The summed E-state index contributed by atoms with van der Waals surface area (Å²) in [6.45, 7) is 15.5. The molecule has 0 heterocycles. The summed E-state index contributed by atoms with van der Waals surface area (Å²) in [6.07, 6.45) is 5.45. The Morgan fingerprint density at radius 1 is 1.19 bits per heavy atom. The largest absolute Gasteiger partial charge is 0.519 e. The summed E-state index contributed by atoms with van der Waals surface area (Å²) in [5.41, 5.74) is 4.18. The van der Waals surface area contributed by atoms with Gasteiger partial charge >= 0.3 is 0 Å². The van der Waals surface area contributed by atoms with Crippen LogP contribution in [-0.4, -0.2) is 14.3 Å². The molecule has 2 aliphatic rings. The van der Waals surface area contributed by atoms with Crippen LogP contribution in [0.1, 0.15) is 76.0 Å². The van der Waals surface area contributed by atoms with E-state index in [4.69, 9.17) is 4.43 Å². The molecular formula is C23H36O2Si. The lowest BCUT2D eigenvalue weighted by Crippen LogP contribution is -2.54. The van der Waals surface area contributed by atoms with Crippen molar-refractivity contribution in [3.63, 3.8) is 0 Å². The number of aryl methyl sites for hydroxylation is 1. The lowest BCUT2D eigenvalue weighted by atomic mass is 9.50. The number of hydrogen-bond donors (Lipinski definition) is 0. The van der Waals surface area contributed by atoms with Crippen LogP contribution in [0.2, 0.25) is 19.6 Å². The van der Waals surface area contributed by atoms with Gasteiger partial charge in [-0.05, 0) is 86.2 Å². The average molecular weight is 373 g/mol. The number of carbonyl (C=O) groups excluding carboxylic acids is 1. The molecule has 1 saturated carbocycles. The van der Waals surface area contributed by atoms with Gasteiger partial charge in [0.2, 0.25) is 8.32 Å². The normalized spacial score (nSPS) is 31.3. The van der Waals surface area contributed by atoms with E-state index in [1.54, 1.807) is 0 Å². The van der Waals surface area contributed by atoms with Crippen molar-refractivity contribution in [3.05, 3.63) is 34.9 Å². The average Bonchev–Trinajstić information content (AvgIpc) is 2.52. The molecule has 2 aliphatic carbocycles. The lowest BCUT2D eigenvalue weighted by Gasteiger charge is -2.54. The van der Waals surface area contributed by atoms with E-state index in [0.717, 1.165) is 25.7 Å². The van der Waals surface area contributed by atoms with Crippen LogP contribution in [0.25, 0.3) is 0 Å². The van der Waals surface area contributed by atoms with Crippen molar-refractivity contribution in [3.8, 4) is 0 Å². The van der Waals surface area contributed by atoms with E-state index in [2.05, 4.69) is 65.5 Å². The van der Waals surface area contributed by atoms with E-state index in [0.29, 0.717) is 11.8 Å². The van der Waals surface area contributed by atoms with Crippen LogP contribution in [0.5, 0.6) is 0 Å². The maximum atomic E-state index is 13.2. The van der Waals surface area contributed by atoms with Crippen LogP contribution in [0.15, 0.2) is 18.2 Å². The van der Waals surface area contributed by atoms with Crippen LogP contribution in [0.3, 0.4) is 0 Å². The molecule has 0 saturated heterocycles. The first-order valence-corrected chi connectivity index (χ1v) is 13.7. The topological polar surface area (TPSA) is 26.3 Å². The van der Waals surface area contributed by atoms with Gasteiger partial charge in [0.1, 0.15) is 0 Å². The Balaban J connectivity index is 1.99. The molecule has 1 fully saturated rings. The Kier molecular flexibility index (Phi) is 4.92. The number of hydrogen-bond acceptors (Lipinski definition) is 2. The van der Waals surface area contributed by atoms with Gasteiger partial charge < -0.3 is 4.43 Å². The molecule has 2 nitrogen and oxygen atoms in total. The van der Waals surface area contributed by atoms with Gasteiger partial charge in [0.05, 0.1) is 5.41 Å². The molecule has 3 heteroatoms. The first-order chi connectivity index (χ1) is 12.0. The van der Waals surface area contributed by atoms with Gasteiger partial charge in [-0.15, -0.1) is 0 Å². The van der Waals surface area contributed by atoms with Crippen molar-refractivity contribution in [2.24, 2.45) is 11.3 Å². The minimum absolute atomic E-state index is 0.0647. The maximum Gasteiger partial charge on any atom is 0.298 e. The van der Waals surface area contributed by atoms with Crippen LogP contribution < -0.4 is 0 Å². The smallest absolute Gasteiger partial charge is 0.298 e. The zero-order valence-electron chi connectivity index (χ0n) is 17.7. The second-order valence-electron chi connectivity index (χ2n) is 10.4. The Morgan fingerprint density at radius 2 is 1.88 bits per heavy atom. The third kappa shape index (κ3) is 3.28. The van der Waals surface area contributed by atoms with Crippen molar-refractivity contribution in [1.29, 1.82) is 0 Å². The molecule has 3 atom stereocenters. The molecule has 0 N–H and O–H groups in total. The molecule has 1 aromatic rings. The van der Waals surface area contributed by atoms with Crippen molar-refractivity contribution < 1.29 is 9.22 Å². The van der Waals surface area contributed by atoms with E-state index in [9.17, 15) is 4.79 Å². The van der Waals surface area contributed by atoms with Gasteiger partial charge in [-0.25, -0.2) is 0 Å². The van der Waals surface area contributed by atoms with E-state index >= 15 is 0 Å². The zero-order valence-corrected chi connectivity index (χ0v) is 18.7. The Bertz CT molecular complexity index is 703. The molecule has 0 unspecified atom stereocenters.